The van der Waals surface area contributed by atoms with Gasteiger partial charge in [-0.25, -0.2) is 9.67 Å². The summed E-state index contributed by atoms with van der Waals surface area (Å²) in [7, 11) is 0. The predicted molar refractivity (Wildman–Crippen MR) is 114 cm³/mol. The van der Waals surface area contributed by atoms with E-state index in [1.54, 1.807) is 12.1 Å². The van der Waals surface area contributed by atoms with Crippen molar-refractivity contribution >= 4 is 22.8 Å². The van der Waals surface area contributed by atoms with Crippen LogP contribution in [0, 0.1) is 6.92 Å². The Morgan fingerprint density at radius 3 is 2.55 bits per heavy atom. The Kier molecular flexibility index (Phi) is 4.75. The highest BCUT2D eigenvalue weighted by Gasteiger charge is 2.14. The number of hydrogen-bond donors (Lipinski definition) is 1. The number of H-pyrrole nitrogens is 1. The summed E-state index contributed by atoms with van der Waals surface area (Å²) in [5, 5.41) is 21.1. The second kappa shape index (κ2) is 7.73. The number of halogens is 1. The van der Waals surface area contributed by atoms with Crippen molar-refractivity contribution in [2.75, 3.05) is 0 Å². The minimum absolute atomic E-state index is 0.109. The Balaban J connectivity index is 1.44. The highest BCUT2D eigenvalue weighted by atomic mass is 35.5. The molecule has 0 fully saturated rings. The molecule has 0 saturated heterocycles. The van der Waals surface area contributed by atoms with Crippen LogP contribution < -0.4 is 5.56 Å². The zero-order valence-electron chi connectivity index (χ0n) is 16.4. The highest BCUT2D eigenvalue weighted by Crippen LogP contribution is 2.17. The van der Waals surface area contributed by atoms with Gasteiger partial charge in [-0.3, -0.25) is 4.79 Å². The first-order chi connectivity index (χ1) is 15.0. The Morgan fingerprint density at radius 1 is 1.00 bits per heavy atom. The lowest BCUT2D eigenvalue weighted by atomic mass is 10.1. The summed E-state index contributed by atoms with van der Waals surface area (Å²) in [6.07, 6.45) is 0.485. The first-order valence-corrected chi connectivity index (χ1v) is 9.85. The molecule has 0 aliphatic rings. The number of rotatable bonds is 5. The molecule has 3 heterocycles. The largest absolute Gasteiger partial charge is 0.308 e. The molecule has 0 saturated carbocycles. The van der Waals surface area contributed by atoms with Crippen molar-refractivity contribution in [2.24, 2.45) is 0 Å². The van der Waals surface area contributed by atoms with Crippen LogP contribution in [0.15, 0.2) is 53.3 Å². The summed E-state index contributed by atoms with van der Waals surface area (Å²) in [4.78, 5) is 21.2. The van der Waals surface area contributed by atoms with E-state index in [1.807, 2.05) is 43.3 Å². The summed E-state index contributed by atoms with van der Waals surface area (Å²) < 4.78 is 1.47. The maximum absolute atomic E-state index is 12.5. The number of tetrazole rings is 1. The van der Waals surface area contributed by atoms with E-state index in [0.29, 0.717) is 28.7 Å². The molecule has 0 radical (unpaired) electrons. The van der Waals surface area contributed by atoms with Crippen molar-refractivity contribution in [3.05, 3.63) is 80.9 Å². The van der Waals surface area contributed by atoms with Crippen molar-refractivity contribution in [3.8, 4) is 11.4 Å². The predicted octanol–water partition coefficient (Wildman–Crippen LogP) is 2.23. The summed E-state index contributed by atoms with van der Waals surface area (Å²) in [6.45, 7) is 2.13. The van der Waals surface area contributed by atoms with Crippen molar-refractivity contribution < 1.29 is 0 Å². The van der Waals surface area contributed by atoms with Crippen molar-refractivity contribution in [3.63, 3.8) is 0 Å². The number of nitrogens with zero attached hydrogens (tertiary/aromatic N) is 8. The van der Waals surface area contributed by atoms with Gasteiger partial charge in [-0.1, -0.05) is 46.6 Å². The van der Waals surface area contributed by atoms with E-state index < -0.39 is 0 Å². The quantitative estimate of drug-likeness (QED) is 0.451. The standard InChI is InChI=1S/C20H16ClN9O/c1-12-2-4-13(5-3-12)10-16-22-19-17(20(31)23-16)24-27-29(19)11-30-26-18(25-28-30)14-6-8-15(21)9-7-14/h2-9H,10-11H2,1H3,(H,22,23,31). The molecule has 5 aromatic rings. The van der Waals surface area contributed by atoms with Crippen molar-refractivity contribution in [1.29, 1.82) is 0 Å². The number of hydrogen-bond acceptors (Lipinski definition) is 7. The van der Waals surface area contributed by atoms with Crippen LogP contribution in [-0.2, 0) is 13.1 Å². The number of aromatic nitrogens is 9. The molecule has 0 unspecified atom stereocenters. The Bertz CT molecular complexity index is 1420. The van der Waals surface area contributed by atoms with Gasteiger partial charge in [0.25, 0.3) is 5.56 Å². The lowest BCUT2D eigenvalue weighted by molar-refractivity contribution is 0.442. The third-order valence-electron chi connectivity index (χ3n) is 4.73. The van der Waals surface area contributed by atoms with Gasteiger partial charge in [-0.05, 0) is 42.0 Å². The van der Waals surface area contributed by atoms with Gasteiger partial charge in [0.05, 0.1) is 0 Å². The van der Waals surface area contributed by atoms with E-state index in [1.165, 1.54) is 15.0 Å². The lowest BCUT2D eigenvalue weighted by Gasteiger charge is -2.04. The van der Waals surface area contributed by atoms with Gasteiger partial charge in [0, 0.05) is 17.0 Å². The van der Waals surface area contributed by atoms with Crippen LogP contribution in [0.2, 0.25) is 5.02 Å². The average molecular weight is 434 g/mol. The molecule has 0 aliphatic heterocycles. The number of aromatic amines is 1. The zero-order valence-corrected chi connectivity index (χ0v) is 17.2. The summed E-state index contributed by atoms with van der Waals surface area (Å²) in [5.41, 5.74) is 3.17. The summed E-state index contributed by atoms with van der Waals surface area (Å²) >= 11 is 5.92. The molecule has 154 valence electrons. The van der Waals surface area contributed by atoms with Crippen molar-refractivity contribution in [2.45, 2.75) is 20.0 Å². The third kappa shape index (κ3) is 3.92. The first kappa shape index (κ1) is 19.1. The Labute approximate surface area is 180 Å². The molecule has 2 aromatic carbocycles. The first-order valence-electron chi connectivity index (χ1n) is 9.47. The minimum Gasteiger partial charge on any atom is -0.308 e. The maximum atomic E-state index is 12.5. The maximum Gasteiger partial charge on any atom is 0.281 e. The third-order valence-corrected chi connectivity index (χ3v) is 4.98. The molecule has 0 bridgehead atoms. The topological polar surface area (TPSA) is 120 Å². The van der Waals surface area contributed by atoms with Crippen LogP contribution in [0.5, 0.6) is 0 Å². The fourth-order valence-corrected chi connectivity index (χ4v) is 3.25. The van der Waals surface area contributed by atoms with Gasteiger partial charge in [-0.2, -0.15) is 0 Å². The second-order valence-electron chi connectivity index (χ2n) is 7.07. The van der Waals surface area contributed by atoms with E-state index >= 15 is 0 Å². The lowest BCUT2D eigenvalue weighted by Crippen LogP contribution is -2.16. The van der Waals surface area contributed by atoms with E-state index in [2.05, 4.69) is 35.7 Å². The molecule has 3 aromatic heterocycles. The normalized spacial score (nSPS) is 11.3. The average Bonchev–Trinajstić information content (AvgIpc) is 3.39. The molecular weight excluding hydrogens is 418 g/mol. The van der Waals surface area contributed by atoms with E-state index in [0.717, 1.165) is 11.1 Å². The Hall–Kier alpha value is -3.92. The van der Waals surface area contributed by atoms with Crippen LogP contribution in [0.3, 0.4) is 0 Å². The monoisotopic (exact) mass is 433 g/mol. The number of nitrogens with one attached hydrogen (secondary N) is 1. The van der Waals surface area contributed by atoms with Gasteiger partial charge < -0.3 is 4.98 Å². The smallest absolute Gasteiger partial charge is 0.281 e. The molecule has 0 spiro atoms. The molecular formula is C20H16ClN9O. The second-order valence-corrected chi connectivity index (χ2v) is 7.51. The number of benzene rings is 2. The van der Waals surface area contributed by atoms with Crippen molar-refractivity contribution in [1.82, 2.24) is 45.2 Å². The minimum atomic E-state index is -0.341. The van der Waals surface area contributed by atoms with Gasteiger partial charge in [0.1, 0.15) is 5.82 Å². The van der Waals surface area contributed by atoms with E-state index in [9.17, 15) is 4.79 Å². The summed E-state index contributed by atoms with van der Waals surface area (Å²) in [5.74, 6) is 0.977. The zero-order chi connectivity index (χ0) is 21.4. The molecule has 0 amide bonds. The van der Waals surface area contributed by atoms with E-state index in [4.69, 9.17) is 11.6 Å². The van der Waals surface area contributed by atoms with Gasteiger partial charge in [0.2, 0.25) is 5.82 Å². The van der Waals surface area contributed by atoms with Crippen LogP contribution in [0.4, 0.5) is 0 Å². The number of aryl methyl sites for hydroxylation is 1. The molecule has 1 N–H and O–H groups in total. The fourth-order valence-electron chi connectivity index (χ4n) is 3.13. The van der Waals surface area contributed by atoms with Crippen LogP contribution >= 0.6 is 11.6 Å². The number of fused-ring (bicyclic) bond motifs is 1. The summed E-state index contributed by atoms with van der Waals surface area (Å²) in [6, 6.07) is 15.2. The molecule has 10 nitrogen and oxygen atoms in total. The van der Waals surface area contributed by atoms with Crippen LogP contribution in [0.1, 0.15) is 17.0 Å². The SMILES string of the molecule is Cc1ccc(Cc2nc3c(nnn3Cn3nnc(-c4ccc(Cl)cc4)n3)c(=O)[nH]2)cc1. The van der Waals surface area contributed by atoms with Crippen LogP contribution in [-0.4, -0.2) is 45.2 Å². The molecule has 0 aliphatic carbocycles. The van der Waals surface area contributed by atoms with Gasteiger partial charge >= 0.3 is 0 Å². The molecule has 31 heavy (non-hydrogen) atoms. The van der Waals surface area contributed by atoms with Gasteiger partial charge in [0.15, 0.2) is 17.8 Å². The van der Waals surface area contributed by atoms with Gasteiger partial charge in [-0.15, -0.1) is 20.1 Å². The Morgan fingerprint density at radius 2 is 1.77 bits per heavy atom. The highest BCUT2D eigenvalue weighted by molar-refractivity contribution is 6.30. The van der Waals surface area contributed by atoms with Crippen LogP contribution in [0.25, 0.3) is 22.6 Å². The molecule has 0 atom stereocenters. The van der Waals surface area contributed by atoms with E-state index in [-0.39, 0.29) is 17.7 Å². The molecule has 5 rings (SSSR count). The molecule has 11 heteroatoms. The fraction of sp³-hybridized carbons (Fsp3) is 0.150.